The van der Waals surface area contributed by atoms with Crippen LogP contribution in [-0.4, -0.2) is 60.3 Å². The summed E-state index contributed by atoms with van der Waals surface area (Å²) in [6, 6.07) is 16.1. The van der Waals surface area contributed by atoms with Gasteiger partial charge in [-0.1, -0.05) is 69.8 Å². The first-order chi connectivity index (χ1) is 22.7. The normalized spacial score (nSPS) is 10.8. The van der Waals surface area contributed by atoms with Crippen LogP contribution in [0.3, 0.4) is 0 Å². The molecule has 0 aliphatic heterocycles. The SMILES string of the molecule is C.CCCOc1c(OC)cc(/C=C/c2ccc(/C=C/c3cc(OC)c(OCCC)c(OC)c3)cc2)cc1OC.CCOP(=O)([O-])OCC.O. The summed E-state index contributed by atoms with van der Waals surface area (Å²) in [5.74, 6) is 3.85. The second-order valence-corrected chi connectivity index (χ2v) is 11.2. The van der Waals surface area contributed by atoms with Gasteiger partial charge in [-0.2, -0.15) is 0 Å². The summed E-state index contributed by atoms with van der Waals surface area (Å²) in [5.41, 5.74) is 4.07. The van der Waals surface area contributed by atoms with Gasteiger partial charge >= 0.3 is 0 Å². The summed E-state index contributed by atoms with van der Waals surface area (Å²) in [6.45, 7) is 8.75. The first kappa shape index (κ1) is 45.0. The summed E-state index contributed by atoms with van der Waals surface area (Å²) >= 11 is 0. The quantitative estimate of drug-likeness (QED) is 0.0943. The molecule has 0 saturated carbocycles. The Bertz CT molecular complexity index is 1310. The smallest absolute Gasteiger partial charge is 0.267 e. The number of hydrogen-bond acceptors (Lipinski definition) is 10. The van der Waals surface area contributed by atoms with E-state index in [4.69, 9.17) is 28.4 Å². The monoisotopic (exact) mass is 705 g/mol. The van der Waals surface area contributed by atoms with Gasteiger partial charge in [0.05, 0.1) is 54.9 Å². The van der Waals surface area contributed by atoms with E-state index in [0.717, 1.165) is 35.1 Å². The fourth-order valence-corrected chi connectivity index (χ4v) is 4.85. The molecule has 11 nitrogen and oxygen atoms in total. The van der Waals surface area contributed by atoms with Crippen molar-refractivity contribution in [1.29, 1.82) is 0 Å². The van der Waals surface area contributed by atoms with Crippen molar-refractivity contribution in [2.24, 2.45) is 0 Å². The van der Waals surface area contributed by atoms with Crippen molar-refractivity contribution >= 4 is 32.1 Å². The summed E-state index contributed by atoms with van der Waals surface area (Å²) in [6.07, 6.45) is 9.97. The van der Waals surface area contributed by atoms with Gasteiger partial charge in [0.25, 0.3) is 7.82 Å². The van der Waals surface area contributed by atoms with Gasteiger partial charge < -0.3 is 47.8 Å². The van der Waals surface area contributed by atoms with Crippen LogP contribution in [0.5, 0.6) is 34.5 Å². The molecule has 0 aromatic heterocycles. The topological polar surface area (TPSA) is 145 Å². The third-order valence-electron chi connectivity index (χ3n) is 6.31. The van der Waals surface area contributed by atoms with Crippen molar-refractivity contribution in [3.8, 4) is 34.5 Å². The fraction of sp³-hybridized carbons (Fsp3) is 0.405. The molecule has 274 valence electrons. The lowest BCUT2D eigenvalue weighted by molar-refractivity contribution is -0.224. The summed E-state index contributed by atoms with van der Waals surface area (Å²) in [5, 5.41) is 0. The van der Waals surface area contributed by atoms with Crippen LogP contribution in [0.1, 0.15) is 70.2 Å². The Labute approximate surface area is 292 Å². The summed E-state index contributed by atoms with van der Waals surface area (Å²) < 4.78 is 52.7. The van der Waals surface area contributed by atoms with E-state index >= 15 is 0 Å². The van der Waals surface area contributed by atoms with E-state index in [1.807, 2.05) is 36.4 Å². The van der Waals surface area contributed by atoms with E-state index in [0.29, 0.717) is 47.7 Å². The van der Waals surface area contributed by atoms with Crippen molar-refractivity contribution in [3.63, 3.8) is 0 Å². The van der Waals surface area contributed by atoms with Gasteiger partial charge in [-0.3, -0.25) is 4.57 Å². The lowest BCUT2D eigenvalue weighted by Crippen LogP contribution is -2.07. The predicted octanol–water partition coefficient (Wildman–Crippen LogP) is 7.98. The number of phosphoric acid groups is 1. The van der Waals surface area contributed by atoms with Crippen molar-refractivity contribution in [2.45, 2.75) is 48.0 Å². The van der Waals surface area contributed by atoms with Gasteiger partial charge in [-0.15, -0.1) is 0 Å². The van der Waals surface area contributed by atoms with Crippen LogP contribution in [0.2, 0.25) is 0 Å². The average Bonchev–Trinajstić information content (AvgIpc) is 3.08. The molecule has 0 saturated heterocycles. The number of benzene rings is 3. The van der Waals surface area contributed by atoms with Gasteiger partial charge in [0.1, 0.15) is 0 Å². The van der Waals surface area contributed by atoms with Crippen LogP contribution < -0.4 is 33.3 Å². The lowest BCUT2D eigenvalue weighted by Gasteiger charge is -2.20. The molecule has 3 rings (SSSR count). The molecule has 3 aromatic rings. The highest BCUT2D eigenvalue weighted by molar-refractivity contribution is 7.45. The Kier molecular flexibility index (Phi) is 22.2. The van der Waals surface area contributed by atoms with Gasteiger partial charge in [0.2, 0.25) is 11.5 Å². The standard InChI is InChI=1S/C32H38O6.C4H11O4P.CH4.H2O/c1-7-17-37-31-27(33-3)19-25(20-28(31)34-4)15-13-23-9-11-24(12-10-23)14-16-26-21-29(35-5)32(38-18-8-2)30(22-26)36-6;1-3-7-9(5,6)8-4-2;;/h9-16,19-22H,7-8,17-18H2,1-6H3;3-4H2,1-2H3,(H,5,6);1H4;1H2/p-1/b15-13+,16-14+;;;. The van der Waals surface area contributed by atoms with Crippen LogP contribution in [0, 0.1) is 0 Å². The van der Waals surface area contributed by atoms with Crippen LogP contribution in [-0.2, 0) is 13.6 Å². The minimum atomic E-state index is -3.94. The second kappa shape index (κ2) is 24.2. The van der Waals surface area contributed by atoms with E-state index < -0.39 is 7.82 Å². The largest absolute Gasteiger partial charge is 0.756 e. The Morgan fingerprint density at radius 2 is 0.857 bits per heavy atom. The molecule has 0 amide bonds. The molecule has 3 aromatic carbocycles. The Morgan fingerprint density at radius 1 is 0.571 bits per heavy atom. The lowest BCUT2D eigenvalue weighted by atomic mass is 10.1. The van der Waals surface area contributed by atoms with Gasteiger partial charge in [0.15, 0.2) is 23.0 Å². The minimum Gasteiger partial charge on any atom is -0.756 e. The molecule has 2 N–H and O–H groups in total. The molecule has 0 aliphatic rings. The van der Waals surface area contributed by atoms with E-state index in [-0.39, 0.29) is 26.1 Å². The molecule has 0 spiro atoms. The molecule has 0 unspecified atom stereocenters. The van der Waals surface area contributed by atoms with Crippen molar-refractivity contribution in [1.82, 2.24) is 0 Å². The maximum Gasteiger partial charge on any atom is 0.267 e. The van der Waals surface area contributed by atoms with Gasteiger partial charge in [-0.25, -0.2) is 0 Å². The average molecular weight is 706 g/mol. The summed E-state index contributed by atoms with van der Waals surface area (Å²) in [4.78, 5) is 10.4. The van der Waals surface area contributed by atoms with Gasteiger partial charge in [0, 0.05) is 0 Å². The molecular weight excluding hydrogens is 651 g/mol. The molecule has 0 fully saturated rings. The third-order valence-corrected chi connectivity index (χ3v) is 7.46. The maximum atomic E-state index is 10.4. The summed E-state index contributed by atoms with van der Waals surface area (Å²) in [7, 11) is 2.59. The van der Waals surface area contributed by atoms with Crippen molar-refractivity contribution < 1.29 is 52.4 Å². The molecule has 49 heavy (non-hydrogen) atoms. The van der Waals surface area contributed by atoms with Gasteiger partial charge in [-0.05, 0) is 73.2 Å². The van der Waals surface area contributed by atoms with E-state index in [1.165, 1.54) is 0 Å². The highest BCUT2D eigenvalue weighted by Gasteiger charge is 2.14. The maximum absolute atomic E-state index is 10.4. The zero-order chi connectivity index (χ0) is 34.7. The highest BCUT2D eigenvalue weighted by atomic mass is 31.2. The number of hydrogen-bond donors (Lipinski definition) is 0. The van der Waals surface area contributed by atoms with Crippen LogP contribution in [0.25, 0.3) is 24.3 Å². The zero-order valence-corrected chi connectivity index (χ0v) is 30.1. The molecule has 0 atom stereocenters. The first-order valence-corrected chi connectivity index (χ1v) is 17.0. The number of rotatable bonds is 18. The number of methoxy groups -OCH3 is 4. The second-order valence-electron chi connectivity index (χ2n) is 9.82. The Morgan fingerprint density at radius 3 is 1.10 bits per heavy atom. The molecular formula is C37H54O11P-. The van der Waals surface area contributed by atoms with Crippen LogP contribution in [0.15, 0.2) is 48.5 Å². The highest BCUT2D eigenvalue weighted by Crippen LogP contribution is 2.40. The van der Waals surface area contributed by atoms with E-state index in [1.54, 1.807) is 42.3 Å². The van der Waals surface area contributed by atoms with E-state index in [9.17, 15) is 9.46 Å². The molecule has 0 aliphatic carbocycles. The van der Waals surface area contributed by atoms with Crippen LogP contribution in [0.4, 0.5) is 0 Å². The van der Waals surface area contributed by atoms with Crippen molar-refractivity contribution in [2.75, 3.05) is 54.9 Å². The minimum absolute atomic E-state index is 0. The third kappa shape index (κ3) is 15.0. The Balaban J connectivity index is 0.00000184. The first-order valence-electron chi connectivity index (χ1n) is 15.5. The fourth-order valence-electron chi connectivity index (χ4n) is 4.14. The predicted molar refractivity (Wildman–Crippen MR) is 196 cm³/mol. The van der Waals surface area contributed by atoms with Crippen LogP contribution >= 0.6 is 7.82 Å². The molecule has 12 heteroatoms. The molecule has 0 bridgehead atoms. The van der Waals surface area contributed by atoms with E-state index in [2.05, 4.69) is 59.3 Å². The number of ether oxygens (including phenoxy) is 6. The van der Waals surface area contributed by atoms with Crippen molar-refractivity contribution in [3.05, 3.63) is 70.8 Å². The zero-order valence-electron chi connectivity index (χ0n) is 29.2. The number of phosphoric ester groups is 1. The Hall–Kier alpha value is -3.99. The molecule has 0 heterocycles. The molecule has 0 radical (unpaired) electrons.